The molecule has 0 spiro atoms. The second-order valence-corrected chi connectivity index (χ2v) is 5.57. The Morgan fingerprint density at radius 2 is 2.29 bits per heavy atom. The van der Waals surface area contributed by atoms with Gasteiger partial charge in [-0.3, -0.25) is 4.79 Å². The van der Waals surface area contributed by atoms with Gasteiger partial charge in [-0.25, -0.2) is 0 Å². The number of para-hydroxylation sites is 2. The number of anilines is 1. The van der Waals surface area contributed by atoms with Crippen LogP contribution in [0.3, 0.4) is 0 Å². The summed E-state index contributed by atoms with van der Waals surface area (Å²) in [7, 11) is 0. The summed E-state index contributed by atoms with van der Waals surface area (Å²) in [4.78, 5) is 14.3. The number of ether oxygens (including phenoxy) is 1. The number of benzene rings is 1. The molecule has 112 valence electrons. The lowest BCUT2D eigenvalue weighted by atomic mass is 10.1. The number of nitrogens with zero attached hydrogens (tertiary/aromatic N) is 2. The molecular formula is C16H21N3O2. The van der Waals surface area contributed by atoms with Crippen molar-refractivity contribution in [2.75, 3.05) is 25.0 Å². The number of fused-ring (bicyclic) bond motifs is 1. The Hall–Kier alpha value is -2.22. The summed E-state index contributed by atoms with van der Waals surface area (Å²) >= 11 is 0. The van der Waals surface area contributed by atoms with Gasteiger partial charge in [-0.15, -0.1) is 0 Å². The monoisotopic (exact) mass is 287 g/mol. The van der Waals surface area contributed by atoms with E-state index in [0.717, 1.165) is 5.69 Å². The van der Waals surface area contributed by atoms with E-state index in [-0.39, 0.29) is 5.91 Å². The number of carbonyl (C=O) groups is 1. The largest absolute Gasteiger partial charge is 0.477 e. The van der Waals surface area contributed by atoms with Crippen LogP contribution < -0.4 is 10.1 Å². The van der Waals surface area contributed by atoms with Crippen molar-refractivity contribution in [3.63, 3.8) is 0 Å². The Bertz CT molecular complexity index is 537. The fraction of sp³-hybridized carbons (Fsp3) is 0.500. The number of hydrogen-bond acceptors (Lipinski definition) is 4. The lowest BCUT2D eigenvalue weighted by molar-refractivity contribution is -0.138. The van der Waals surface area contributed by atoms with Gasteiger partial charge in [-0.05, 0) is 18.1 Å². The molecule has 0 radical (unpaired) electrons. The van der Waals surface area contributed by atoms with E-state index in [0.29, 0.717) is 37.7 Å². The first-order chi connectivity index (χ1) is 10.1. The summed E-state index contributed by atoms with van der Waals surface area (Å²) in [6.07, 6.45) is -0.188. The van der Waals surface area contributed by atoms with Crippen LogP contribution in [0, 0.1) is 17.2 Å². The highest BCUT2D eigenvalue weighted by atomic mass is 16.5. The third kappa shape index (κ3) is 3.88. The summed E-state index contributed by atoms with van der Waals surface area (Å²) in [5, 5.41) is 12.0. The van der Waals surface area contributed by atoms with Crippen LogP contribution in [0.15, 0.2) is 24.3 Å². The van der Waals surface area contributed by atoms with Gasteiger partial charge < -0.3 is 15.0 Å². The molecule has 1 amide bonds. The summed E-state index contributed by atoms with van der Waals surface area (Å²) in [5.41, 5.74) is 0.911. The summed E-state index contributed by atoms with van der Waals surface area (Å²) < 4.78 is 5.80. The van der Waals surface area contributed by atoms with Crippen molar-refractivity contribution < 1.29 is 9.53 Å². The van der Waals surface area contributed by atoms with Crippen molar-refractivity contribution in [2.45, 2.75) is 26.4 Å². The Morgan fingerprint density at radius 3 is 3.00 bits per heavy atom. The fourth-order valence-corrected chi connectivity index (χ4v) is 2.37. The third-order valence-corrected chi connectivity index (χ3v) is 3.30. The van der Waals surface area contributed by atoms with Crippen molar-refractivity contribution in [1.82, 2.24) is 4.90 Å². The van der Waals surface area contributed by atoms with Gasteiger partial charge in [0.25, 0.3) is 5.91 Å². The molecule has 0 fully saturated rings. The Balaban J connectivity index is 2.06. The van der Waals surface area contributed by atoms with Crippen LogP contribution in [0.4, 0.5) is 5.69 Å². The highest BCUT2D eigenvalue weighted by molar-refractivity contribution is 5.83. The first-order valence-corrected chi connectivity index (χ1v) is 7.27. The Labute approximate surface area is 125 Å². The van der Waals surface area contributed by atoms with Gasteiger partial charge in [-0.1, -0.05) is 26.0 Å². The van der Waals surface area contributed by atoms with Crippen LogP contribution in [-0.4, -0.2) is 36.5 Å². The van der Waals surface area contributed by atoms with Crippen molar-refractivity contribution in [2.24, 2.45) is 5.92 Å². The molecule has 0 aromatic heterocycles. The van der Waals surface area contributed by atoms with Crippen LogP contribution in [-0.2, 0) is 4.79 Å². The number of carbonyl (C=O) groups excluding carboxylic acids is 1. The molecule has 1 aromatic carbocycles. The molecule has 0 aliphatic carbocycles. The molecule has 5 nitrogen and oxygen atoms in total. The molecule has 1 N–H and O–H groups in total. The van der Waals surface area contributed by atoms with Crippen molar-refractivity contribution in [1.29, 1.82) is 5.26 Å². The molecule has 1 aliphatic rings. The van der Waals surface area contributed by atoms with Crippen LogP contribution in [0.1, 0.15) is 20.3 Å². The summed E-state index contributed by atoms with van der Waals surface area (Å²) in [5.74, 6) is 1.00. The van der Waals surface area contributed by atoms with Crippen molar-refractivity contribution >= 4 is 11.6 Å². The number of rotatable bonds is 5. The fourth-order valence-electron chi connectivity index (χ4n) is 2.37. The second-order valence-electron chi connectivity index (χ2n) is 5.57. The van der Waals surface area contributed by atoms with E-state index >= 15 is 0 Å². The van der Waals surface area contributed by atoms with E-state index in [1.807, 2.05) is 24.3 Å². The lowest BCUT2D eigenvalue weighted by Gasteiger charge is -2.31. The predicted molar refractivity (Wildman–Crippen MR) is 81.0 cm³/mol. The van der Waals surface area contributed by atoms with Gasteiger partial charge in [-0.2, -0.15) is 5.26 Å². The smallest absolute Gasteiger partial charge is 0.265 e. The minimum absolute atomic E-state index is 0.0547. The number of hydrogen-bond donors (Lipinski definition) is 1. The van der Waals surface area contributed by atoms with E-state index in [2.05, 4.69) is 25.2 Å². The van der Waals surface area contributed by atoms with Gasteiger partial charge in [0.1, 0.15) is 5.75 Å². The van der Waals surface area contributed by atoms with Gasteiger partial charge >= 0.3 is 0 Å². The molecule has 1 aliphatic heterocycles. The van der Waals surface area contributed by atoms with E-state index in [9.17, 15) is 4.79 Å². The molecule has 0 bridgehead atoms. The SMILES string of the molecule is CC(C)CN(CCC#N)C(=O)C1CNc2ccccc2O1. The molecule has 5 heteroatoms. The zero-order chi connectivity index (χ0) is 15.2. The maximum absolute atomic E-state index is 12.6. The first-order valence-electron chi connectivity index (χ1n) is 7.27. The highest BCUT2D eigenvalue weighted by Gasteiger charge is 2.29. The van der Waals surface area contributed by atoms with Crippen LogP contribution >= 0.6 is 0 Å². The van der Waals surface area contributed by atoms with Crippen LogP contribution in [0.25, 0.3) is 0 Å². The Morgan fingerprint density at radius 1 is 1.52 bits per heavy atom. The topological polar surface area (TPSA) is 65.4 Å². The number of nitrogens with one attached hydrogen (secondary N) is 1. The molecular weight excluding hydrogens is 266 g/mol. The second kappa shape index (κ2) is 6.98. The summed E-state index contributed by atoms with van der Waals surface area (Å²) in [6.45, 7) is 5.66. The van der Waals surface area contributed by atoms with Crippen LogP contribution in [0.2, 0.25) is 0 Å². The van der Waals surface area contributed by atoms with Gasteiger partial charge in [0, 0.05) is 13.1 Å². The van der Waals surface area contributed by atoms with E-state index in [1.165, 1.54) is 0 Å². The number of nitriles is 1. The first kappa shape index (κ1) is 15.2. The van der Waals surface area contributed by atoms with Gasteiger partial charge in [0.2, 0.25) is 0 Å². The molecule has 0 saturated heterocycles. The van der Waals surface area contributed by atoms with Gasteiger partial charge in [0.15, 0.2) is 6.10 Å². The molecule has 1 heterocycles. The van der Waals surface area contributed by atoms with Gasteiger partial charge in [0.05, 0.1) is 24.7 Å². The predicted octanol–water partition coefficient (Wildman–Crippen LogP) is 2.26. The number of amides is 1. The van der Waals surface area contributed by atoms with Crippen LogP contribution in [0.5, 0.6) is 5.75 Å². The maximum atomic E-state index is 12.6. The van der Waals surface area contributed by atoms with E-state index in [4.69, 9.17) is 10.00 Å². The minimum Gasteiger partial charge on any atom is -0.477 e. The standard InChI is InChI=1S/C16H21N3O2/c1-12(2)11-19(9-5-8-17)16(20)15-10-18-13-6-3-4-7-14(13)21-15/h3-4,6-7,12,15,18H,5,9-11H2,1-2H3. The molecule has 1 atom stereocenters. The average Bonchev–Trinajstić information content (AvgIpc) is 2.50. The minimum atomic E-state index is -0.530. The molecule has 2 rings (SSSR count). The quantitative estimate of drug-likeness (QED) is 0.902. The zero-order valence-corrected chi connectivity index (χ0v) is 12.5. The molecule has 1 aromatic rings. The molecule has 0 saturated carbocycles. The molecule has 1 unspecified atom stereocenters. The summed E-state index contributed by atoms with van der Waals surface area (Å²) in [6, 6.07) is 9.68. The Kier molecular flexibility index (Phi) is 5.04. The van der Waals surface area contributed by atoms with E-state index < -0.39 is 6.10 Å². The normalized spacial score (nSPS) is 16.4. The third-order valence-electron chi connectivity index (χ3n) is 3.30. The molecule has 21 heavy (non-hydrogen) atoms. The zero-order valence-electron chi connectivity index (χ0n) is 12.5. The average molecular weight is 287 g/mol. The maximum Gasteiger partial charge on any atom is 0.265 e. The lowest BCUT2D eigenvalue weighted by Crippen LogP contribution is -2.48. The van der Waals surface area contributed by atoms with Crippen molar-refractivity contribution in [3.05, 3.63) is 24.3 Å². The van der Waals surface area contributed by atoms with E-state index in [1.54, 1.807) is 4.90 Å². The highest BCUT2D eigenvalue weighted by Crippen LogP contribution is 2.28. The van der Waals surface area contributed by atoms with Crippen molar-refractivity contribution in [3.8, 4) is 11.8 Å².